The summed E-state index contributed by atoms with van der Waals surface area (Å²) in [5.41, 5.74) is 10.3. The minimum Gasteiger partial charge on any atom is -0.456 e. The summed E-state index contributed by atoms with van der Waals surface area (Å²) in [7, 11) is 0. The van der Waals surface area contributed by atoms with Crippen LogP contribution >= 0.6 is 11.3 Å². The molecule has 0 spiro atoms. The second kappa shape index (κ2) is 12.6. The predicted molar refractivity (Wildman–Crippen MR) is 236 cm³/mol. The molecule has 12 aromatic rings. The highest BCUT2D eigenvalue weighted by Gasteiger charge is 2.19. The van der Waals surface area contributed by atoms with Crippen molar-refractivity contribution in [1.82, 2.24) is 19.5 Å². The molecule has 0 atom stereocenters. The summed E-state index contributed by atoms with van der Waals surface area (Å²) in [5, 5.41) is 7.02. The van der Waals surface area contributed by atoms with Crippen molar-refractivity contribution in [2.75, 3.05) is 0 Å². The molecule has 0 saturated carbocycles. The zero-order valence-corrected chi connectivity index (χ0v) is 31.2. The van der Waals surface area contributed by atoms with E-state index in [9.17, 15) is 0 Å². The summed E-state index contributed by atoms with van der Waals surface area (Å²) < 4.78 is 11.3. The number of para-hydroxylation sites is 2. The highest BCUT2D eigenvalue weighted by molar-refractivity contribution is 7.26. The number of aromatic nitrogens is 4. The van der Waals surface area contributed by atoms with Gasteiger partial charge in [-0.1, -0.05) is 115 Å². The highest BCUT2D eigenvalue weighted by Crippen LogP contribution is 2.41. The molecule has 12 rings (SSSR count). The lowest BCUT2D eigenvalue weighted by atomic mass is 10.0. The summed E-state index contributed by atoms with van der Waals surface area (Å²) >= 11 is 1.77. The molecule has 0 fully saturated rings. The van der Waals surface area contributed by atoms with Gasteiger partial charge in [0.05, 0.1) is 11.0 Å². The van der Waals surface area contributed by atoms with Crippen LogP contribution in [0.4, 0.5) is 0 Å². The normalized spacial score (nSPS) is 11.9. The van der Waals surface area contributed by atoms with Crippen LogP contribution in [0.1, 0.15) is 0 Å². The van der Waals surface area contributed by atoms with Gasteiger partial charge >= 0.3 is 0 Å². The van der Waals surface area contributed by atoms with E-state index in [4.69, 9.17) is 19.4 Å². The van der Waals surface area contributed by atoms with Gasteiger partial charge in [-0.3, -0.25) is 0 Å². The van der Waals surface area contributed by atoms with Gasteiger partial charge in [0, 0.05) is 64.1 Å². The predicted octanol–water partition coefficient (Wildman–Crippen LogP) is 13.9. The summed E-state index contributed by atoms with van der Waals surface area (Å²) in [6.07, 6.45) is 0. The van der Waals surface area contributed by atoms with Crippen LogP contribution in [0.15, 0.2) is 186 Å². The molecule has 266 valence electrons. The van der Waals surface area contributed by atoms with E-state index in [1.807, 2.05) is 30.3 Å². The van der Waals surface area contributed by atoms with Crippen molar-refractivity contribution in [2.45, 2.75) is 0 Å². The van der Waals surface area contributed by atoms with Crippen LogP contribution in [0, 0.1) is 0 Å². The van der Waals surface area contributed by atoms with Crippen molar-refractivity contribution in [3.05, 3.63) is 182 Å². The molecule has 5 nitrogen and oxygen atoms in total. The summed E-state index contributed by atoms with van der Waals surface area (Å²) in [6.45, 7) is 0. The number of hydrogen-bond donors (Lipinski definition) is 0. The van der Waals surface area contributed by atoms with Gasteiger partial charge in [0.1, 0.15) is 11.2 Å². The first-order valence-corrected chi connectivity index (χ1v) is 19.8. The Labute approximate surface area is 330 Å². The molecule has 0 aliphatic carbocycles. The second-order valence-corrected chi connectivity index (χ2v) is 15.4. The Hall–Kier alpha value is -7.41. The van der Waals surface area contributed by atoms with Crippen molar-refractivity contribution < 1.29 is 4.42 Å². The molecular weight excluding hydrogens is 717 g/mol. The Morgan fingerprint density at radius 2 is 1.04 bits per heavy atom. The molecule has 57 heavy (non-hydrogen) atoms. The van der Waals surface area contributed by atoms with Crippen molar-refractivity contribution in [3.63, 3.8) is 0 Å². The summed E-state index contributed by atoms with van der Waals surface area (Å²) in [5.74, 6) is 1.88. The van der Waals surface area contributed by atoms with Gasteiger partial charge in [-0.25, -0.2) is 15.0 Å². The smallest absolute Gasteiger partial charge is 0.165 e. The van der Waals surface area contributed by atoms with E-state index in [1.165, 1.54) is 42.0 Å². The molecule has 4 heterocycles. The molecule has 0 aliphatic rings. The van der Waals surface area contributed by atoms with Crippen LogP contribution < -0.4 is 0 Å². The van der Waals surface area contributed by atoms with Gasteiger partial charge < -0.3 is 8.98 Å². The second-order valence-electron chi connectivity index (χ2n) is 14.4. The van der Waals surface area contributed by atoms with Crippen LogP contribution in [-0.2, 0) is 0 Å². The van der Waals surface area contributed by atoms with Crippen LogP contribution in [0.25, 0.3) is 115 Å². The fraction of sp³-hybridized carbons (Fsp3) is 0. The van der Waals surface area contributed by atoms with E-state index < -0.39 is 0 Å². The molecule has 6 heteroatoms. The van der Waals surface area contributed by atoms with E-state index in [0.717, 1.165) is 55.4 Å². The zero-order valence-electron chi connectivity index (χ0n) is 30.4. The molecule has 0 unspecified atom stereocenters. The first-order valence-electron chi connectivity index (χ1n) is 19.0. The van der Waals surface area contributed by atoms with E-state index >= 15 is 0 Å². The number of rotatable bonds is 5. The summed E-state index contributed by atoms with van der Waals surface area (Å²) in [4.78, 5) is 15.3. The lowest BCUT2D eigenvalue weighted by Gasteiger charge is -2.09. The van der Waals surface area contributed by atoms with Gasteiger partial charge in [0.15, 0.2) is 17.5 Å². The molecular formula is C51H30N4OS. The average Bonchev–Trinajstić information content (AvgIpc) is 3.95. The van der Waals surface area contributed by atoms with Crippen LogP contribution in [0.5, 0.6) is 0 Å². The van der Waals surface area contributed by atoms with E-state index in [1.54, 1.807) is 11.3 Å². The fourth-order valence-corrected chi connectivity index (χ4v) is 9.58. The zero-order chi connectivity index (χ0) is 37.5. The van der Waals surface area contributed by atoms with E-state index in [0.29, 0.717) is 17.5 Å². The first kappa shape index (κ1) is 31.9. The van der Waals surface area contributed by atoms with Crippen molar-refractivity contribution in [1.29, 1.82) is 0 Å². The molecule has 0 bridgehead atoms. The summed E-state index contributed by atoms with van der Waals surface area (Å²) in [6, 6.07) is 63.9. The molecule has 0 N–H and O–H groups in total. The van der Waals surface area contributed by atoms with Gasteiger partial charge in [-0.2, -0.15) is 0 Å². The third-order valence-electron chi connectivity index (χ3n) is 11.1. The molecule has 0 aliphatic heterocycles. The Balaban J connectivity index is 0.976. The Kier molecular flexibility index (Phi) is 7.03. The third kappa shape index (κ3) is 5.12. The lowest BCUT2D eigenvalue weighted by molar-refractivity contribution is 0.669. The number of benzene rings is 8. The highest BCUT2D eigenvalue weighted by atomic mass is 32.1. The quantitative estimate of drug-likeness (QED) is 0.176. The SMILES string of the molecule is c1ccc(-c2nc(-c3ccc4c(c3)oc3ccc(-c5ccc6c(c5)c5ccccc5n6-c5ccccc5)cc34)nc(-c3cccc4c3sc3ccccc34)n2)cc1. The molecule has 0 saturated heterocycles. The van der Waals surface area contributed by atoms with Crippen LogP contribution in [0.2, 0.25) is 0 Å². The van der Waals surface area contributed by atoms with Crippen LogP contribution in [-0.4, -0.2) is 19.5 Å². The Morgan fingerprint density at radius 3 is 1.89 bits per heavy atom. The Morgan fingerprint density at radius 1 is 0.386 bits per heavy atom. The van der Waals surface area contributed by atoms with E-state index in [2.05, 4.69) is 156 Å². The van der Waals surface area contributed by atoms with Crippen molar-refractivity contribution >= 4 is 75.3 Å². The maximum Gasteiger partial charge on any atom is 0.165 e. The minimum atomic E-state index is 0.600. The van der Waals surface area contributed by atoms with Crippen molar-refractivity contribution in [2.24, 2.45) is 0 Å². The fourth-order valence-electron chi connectivity index (χ4n) is 8.37. The number of hydrogen-bond acceptors (Lipinski definition) is 5. The van der Waals surface area contributed by atoms with Crippen molar-refractivity contribution in [3.8, 4) is 51.0 Å². The van der Waals surface area contributed by atoms with Gasteiger partial charge in [-0.05, 0) is 77.9 Å². The molecule has 8 aromatic carbocycles. The number of furan rings is 1. The first-order chi connectivity index (χ1) is 28.2. The largest absolute Gasteiger partial charge is 0.456 e. The van der Waals surface area contributed by atoms with Gasteiger partial charge in [-0.15, -0.1) is 11.3 Å². The number of fused-ring (bicyclic) bond motifs is 9. The maximum absolute atomic E-state index is 6.53. The minimum absolute atomic E-state index is 0.600. The molecule has 0 radical (unpaired) electrons. The molecule has 0 amide bonds. The third-order valence-corrected chi connectivity index (χ3v) is 12.3. The van der Waals surface area contributed by atoms with Gasteiger partial charge in [0.25, 0.3) is 0 Å². The Bertz CT molecular complexity index is 3530. The molecule has 4 aromatic heterocycles. The maximum atomic E-state index is 6.53. The van der Waals surface area contributed by atoms with E-state index in [-0.39, 0.29) is 0 Å². The van der Waals surface area contributed by atoms with Crippen LogP contribution in [0.3, 0.4) is 0 Å². The lowest BCUT2D eigenvalue weighted by Crippen LogP contribution is -2.00. The number of nitrogens with zero attached hydrogens (tertiary/aromatic N) is 4. The standard InChI is InChI=1S/C51H30N4OS/c1-3-12-31(13-4-1)49-52-50(54-51(53-49)40-19-11-18-39-38-17-8-10-21-47(38)57-48(39)40)34-22-25-37-42-29-33(24-27-45(42)56-46(37)30-34)32-23-26-44-41(28-32)36-16-7-9-20-43(36)55(44)35-14-5-2-6-15-35/h1-30H. The van der Waals surface area contributed by atoms with Gasteiger partial charge in [0.2, 0.25) is 0 Å². The monoisotopic (exact) mass is 746 g/mol. The number of thiophene rings is 1. The topological polar surface area (TPSA) is 56.7 Å². The average molecular weight is 747 g/mol.